The van der Waals surface area contributed by atoms with Gasteiger partial charge in [-0.05, 0) is 68.8 Å². The van der Waals surface area contributed by atoms with E-state index < -0.39 is 0 Å². The molecule has 1 aliphatic rings. The van der Waals surface area contributed by atoms with Gasteiger partial charge in [0.15, 0.2) is 0 Å². The van der Waals surface area contributed by atoms with Crippen LogP contribution in [0.1, 0.15) is 31.2 Å². The molecule has 1 aromatic carbocycles. The Morgan fingerprint density at radius 2 is 2.05 bits per heavy atom. The van der Waals surface area contributed by atoms with Gasteiger partial charge in [-0.15, -0.1) is 0 Å². The Morgan fingerprint density at radius 1 is 1.35 bits per heavy atom. The summed E-state index contributed by atoms with van der Waals surface area (Å²) in [5.41, 5.74) is 7.55. The molecule has 3 N–H and O–H groups in total. The van der Waals surface area contributed by atoms with Crippen LogP contribution in [-0.2, 0) is 4.79 Å². The van der Waals surface area contributed by atoms with Crippen molar-refractivity contribution < 1.29 is 9.53 Å². The molecule has 0 aromatic heterocycles. The highest BCUT2D eigenvalue weighted by Gasteiger charge is 2.25. The molecule has 4 nitrogen and oxygen atoms in total. The first-order valence-corrected chi connectivity index (χ1v) is 7.29. The number of benzene rings is 1. The standard InChI is InChI=1S/C16H24N2O2/c1-11-9-14(7-8-15(11)20-2)18-16(19)13-5-3-12(10-17)4-6-13/h7-9,12-13H,3-6,10,17H2,1-2H3,(H,18,19). The van der Waals surface area contributed by atoms with E-state index in [0.29, 0.717) is 5.92 Å². The lowest BCUT2D eigenvalue weighted by atomic mass is 9.81. The Hall–Kier alpha value is -1.55. The number of anilines is 1. The Bertz CT molecular complexity index is 466. The summed E-state index contributed by atoms with van der Waals surface area (Å²) >= 11 is 0. The average molecular weight is 276 g/mol. The molecule has 0 atom stereocenters. The highest BCUT2D eigenvalue weighted by atomic mass is 16.5. The van der Waals surface area contributed by atoms with Crippen LogP contribution in [-0.4, -0.2) is 19.6 Å². The van der Waals surface area contributed by atoms with E-state index in [1.807, 2.05) is 25.1 Å². The second-order valence-electron chi connectivity index (χ2n) is 5.63. The Kier molecular flexibility index (Phi) is 5.01. The number of nitrogens with two attached hydrogens (primary N) is 1. The van der Waals surface area contributed by atoms with Crippen molar-refractivity contribution in [2.24, 2.45) is 17.6 Å². The van der Waals surface area contributed by atoms with Crippen molar-refractivity contribution in [1.29, 1.82) is 0 Å². The summed E-state index contributed by atoms with van der Waals surface area (Å²) in [4.78, 5) is 12.3. The maximum atomic E-state index is 12.3. The fourth-order valence-corrected chi connectivity index (χ4v) is 2.86. The second-order valence-corrected chi connectivity index (χ2v) is 5.63. The number of aryl methyl sites for hydroxylation is 1. The molecule has 0 radical (unpaired) electrons. The van der Waals surface area contributed by atoms with E-state index in [1.54, 1.807) is 7.11 Å². The Labute approximate surface area is 120 Å². The molecule has 1 saturated carbocycles. The monoisotopic (exact) mass is 276 g/mol. The smallest absolute Gasteiger partial charge is 0.227 e. The van der Waals surface area contributed by atoms with E-state index in [1.165, 1.54) is 0 Å². The van der Waals surface area contributed by atoms with Crippen LogP contribution in [0.2, 0.25) is 0 Å². The van der Waals surface area contributed by atoms with Gasteiger partial charge in [-0.2, -0.15) is 0 Å². The average Bonchev–Trinajstić information content (AvgIpc) is 2.47. The van der Waals surface area contributed by atoms with E-state index in [-0.39, 0.29) is 11.8 Å². The molecule has 2 rings (SSSR count). The molecule has 0 aliphatic heterocycles. The molecule has 0 unspecified atom stereocenters. The number of hydrogen-bond donors (Lipinski definition) is 2. The van der Waals surface area contributed by atoms with Gasteiger partial charge in [0.25, 0.3) is 0 Å². The molecule has 1 aromatic rings. The number of rotatable bonds is 4. The highest BCUT2D eigenvalue weighted by molar-refractivity contribution is 5.92. The SMILES string of the molecule is COc1ccc(NC(=O)C2CCC(CN)CC2)cc1C. The summed E-state index contributed by atoms with van der Waals surface area (Å²) in [6.07, 6.45) is 4.03. The summed E-state index contributed by atoms with van der Waals surface area (Å²) in [5.74, 6) is 1.69. The number of carbonyl (C=O) groups is 1. The van der Waals surface area contributed by atoms with Crippen LogP contribution in [0.15, 0.2) is 18.2 Å². The van der Waals surface area contributed by atoms with Crippen molar-refractivity contribution in [1.82, 2.24) is 0 Å². The molecule has 1 aliphatic carbocycles. The first-order valence-electron chi connectivity index (χ1n) is 7.29. The van der Waals surface area contributed by atoms with Gasteiger partial charge in [0.05, 0.1) is 7.11 Å². The van der Waals surface area contributed by atoms with Crippen LogP contribution in [0, 0.1) is 18.8 Å². The second kappa shape index (κ2) is 6.75. The Balaban J connectivity index is 1.93. The van der Waals surface area contributed by atoms with Crippen molar-refractivity contribution >= 4 is 11.6 Å². The maximum Gasteiger partial charge on any atom is 0.227 e. The third-order valence-corrected chi connectivity index (χ3v) is 4.21. The number of amides is 1. The van der Waals surface area contributed by atoms with Crippen LogP contribution >= 0.6 is 0 Å². The third kappa shape index (κ3) is 3.51. The fraction of sp³-hybridized carbons (Fsp3) is 0.562. The third-order valence-electron chi connectivity index (χ3n) is 4.21. The minimum absolute atomic E-state index is 0.125. The zero-order chi connectivity index (χ0) is 14.5. The largest absolute Gasteiger partial charge is 0.496 e. The van der Waals surface area contributed by atoms with Gasteiger partial charge < -0.3 is 15.8 Å². The van der Waals surface area contributed by atoms with Gasteiger partial charge in [0.2, 0.25) is 5.91 Å². The maximum absolute atomic E-state index is 12.3. The van der Waals surface area contributed by atoms with Gasteiger partial charge in [0, 0.05) is 11.6 Å². The van der Waals surface area contributed by atoms with Crippen molar-refractivity contribution in [2.75, 3.05) is 19.0 Å². The molecule has 1 fully saturated rings. The zero-order valence-corrected chi connectivity index (χ0v) is 12.3. The molecular weight excluding hydrogens is 252 g/mol. The van der Waals surface area contributed by atoms with Gasteiger partial charge in [-0.3, -0.25) is 4.79 Å². The normalized spacial score (nSPS) is 22.4. The van der Waals surface area contributed by atoms with E-state index in [0.717, 1.165) is 49.2 Å². The number of methoxy groups -OCH3 is 1. The Morgan fingerprint density at radius 3 is 2.60 bits per heavy atom. The number of hydrogen-bond acceptors (Lipinski definition) is 3. The van der Waals surface area contributed by atoms with Gasteiger partial charge >= 0.3 is 0 Å². The summed E-state index contributed by atoms with van der Waals surface area (Å²) < 4.78 is 5.22. The van der Waals surface area contributed by atoms with Crippen LogP contribution in [0.25, 0.3) is 0 Å². The van der Waals surface area contributed by atoms with Crippen LogP contribution < -0.4 is 15.8 Å². The van der Waals surface area contributed by atoms with E-state index in [4.69, 9.17) is 10.5 Å². The summed E-state index contributed by atoms with van der Waals surface area (Å²) in [7, 11) is 1.65. The number of ether oxygens (including phenoxy) is 1. The molecular formula is C16H24N2O2. The lowest BCUT2D eigenvalue weighted by Crippen LogP contribution is -2.29. The quantitative estimate of drug-likeness (QED) is 0.888. The fourth-order valence-electron chi connectivity index (χ4n) is 2.86. The molecule has 0 spiro atoms. The van der Waals surface area contributed by atoms with E-state index in [9.17, 15) is 4.79 Å². The summed E-state index contributed by atoms with van der Waals surface area (Å²) in [6, 6.07) is 5.72. The van der Waals surface area contributed by atoms with Crippen molar-refractivity contribution in [3.8, 4) is 5.75 Å². The zero-order valence-electron chi connectivity index (χ0n) is 12.3. The molecule has 20 heavy (non-hydrogen) atoms. The first-order chi connectivity index (χ1) is 9.63. The minimum Gasteiger partial charge on any atom is -0.496 e. The predicted molar refractivity (Wildman–Crippen MR) is 80.9 cm³/mol. The van der Waals surface area contributed by atoms with Crippen LogP contribution in [0.5, 0.6) is 5.75 Å². The molecule has 0 saturated heterocycles. The van der Waals surface area contributed by atoms with Crippen molar-refractivity contribution in [3.63, 3.8) is 0 Å². The summed E-state index contributed by atoms with van der Waals surface area (Å²) in [5, 5.41) is 3.01. The predicted octanol–water partition coefficient (Wildman–Crippen LogP) is 2.71. The molecule has 0 heterocycles. The van der Waals surface area contributed by atoms with E-state index >= 15 is 0 Å². The number of carbonyl (C=O) groups excluding carboxylic acids is 1. The van der Waals surface area contributed by atoms with E-state index in [2.05, 4.69) is 5.32 Å². The topological polar surface area (TPSA) is 64.3 Å². The van der Waals surface area contributed by atoms with Crippen LogP contribution in [0.3, 0.4) is 0 Å². The van der Waals surface area contributed by atoms with Gasteiger partial charge in [0.1, 0.15) is 5.75 Å². The highest BCUT2D eigenvalue weighted by Crippen LogP contribution is 2.29. The minimum atomic E-state index is 0.125. The molecule has 4 heteroatoms. The molecule has 1 amide bonds. The lowest BCUT2D eigenvalue weighted by Gasteiger charge is -2.26. The lowest BCUT2D eigenvalue weighted by molar-refractivity contribution is -0.121. The first kappa shape index (κ1) is 14.9. The van der Waals surface area contributed by atoms with Gasteiger partial charge in [-0.25, -0.2) is 0 Å². The summed E-state index contributed by atoms with van der Waals surface area (Å²) in [6.45, 7) is 2.72. The van der Waals surface area contributed by atoms with Crippen LogP contribution in [0.4, 0.5) is 5.69 Å². The number of nitrogens with one attached hydrogen (secondary N) is 1. The van der Waals surface area contributed by atoms with Crippen molar-refractivity contribution in [2.45, 2.75) is 32.6 Å². The van der Waals surface area contributed by atoms with Crippen molar-refractivity contribution in [3.05, 3.63) is 23.8 Å². The molecule has 0 bridgehead atoms. The van der Waals surface area contributed by atoms with Gasteiger partial charge in [-0.1, -0.05) is 0 Å². The molecule has 110 valence electrons.